The number of benzene rings is 1. The molecule has 3 aromatic rings. The molecular formula is C28H27ClF5N5O2. The Morgan fingerprint density at radius 3 is 2.56 bits per heavy atom. The summed E-state index contributed by atoms with van der Waals surface area (Å²) >= 11 is 5.98. The van der Waals surface area contributed by atoms with E-state index in [1.807, 2.05) is 0 Å². The van der Waals surface area contributed by atoms with Crippen LogP contribution < -0.4 is 10.2 Å². The van der Waals surface area contributed by atoms with Crippen LogP contribution in [0.4, 0.5) is 33.3 Å². The third-order valence-electron chi connectivity index (χ3n) is 9.70. The van der Waals surface area contributed by atoms with Gasteiger partial charge in [-0.05, 0) is 50.3 Å². The Kier molecular flexibility index (Phi) is 5.59. The third-order valence-corrected chi connectivity index (χ3v) is 9.89. The third kappa shape index (κ3) is 3.68. The fourth-order valence-corrected chi connectivity index (χ4v) is 7.36. The summed E-state index contributed by atoms with van der Waals surface area (Å²) < 4.78 is 80.5. The zero-order valence-electron chi connectivity index (χ0n) is 22.2. The van der Waals surface area contributed by atoms with Crippen molar-refractivity contribution in [2.24, 2.45) is 17.3 Å². The Balaban J connectivity index is 1.17. The summed E-state index contributed by atoms with van der Waals surface area (Å²) in [6.07, 6.45) is -1.65. The molecule has 6 atom stereocenters. The smallest absolute Gasteiger partial charge is 0.381 e. The largest absolute Gasteiger partial charge is 0.401 e. The van der Waals surface area contributed by atoms with E-state index < -0.39 is 41.3 Å². The average molecular weight is 596 g/mol. The summed E-state index contributed by atoms with van der Waals surface area (Å²) in [5.74, 6) is -4.84. The van der Waals surface area contributed by atoms with E-state index in [1.54, 1.807) is 0 Å². The molecule has 4 aliphatic rings. The summed E-state index contributed by atoms with van der Waals surface area (Å²) in [6.45, 7) is 3.05. The zero-order chi connectivity index (χ0) is 29.1. The van der Waals surface area contributed by atoms with Crippen molar-refractivity contribution >= 4 is 34.5 Å². The molecule has 1 amide bonds. The van der Waals surface area contributed by atoms with E-state index in [9.17, 15) is 18.0 Å². The van der Waals surface area contributed by atoms with E-state index in [4.69, 9.17) is 16.3 Å². The number of carbonyl (C=O) groups is 1. The normalized spacial score (nSPS) is 33.7. The molecule has 41 heavy (non-hydrogen) atoms. The highest BCUT2D eigenvalue weighted by Gasteiger charge is 2.82. The van der Waals surface area contributed by atoms with Gasteiger partial charge in [-0.2, -0.15) is 18.3 Å². The summed E-state index contributed by atoms with van der Waals surface area (Å²) in [5.41, 5.74) is -3.34. The molecule has 7 nitrogen and oxygen atoms in total. The van der Waals surface area contributed by atoms with Gasteiger partial charge in [-0.3, -0.25) is 4.79 Å². The molecule has 0 radical (unpaired) electrons. The van der Waals surface area contributed by atoms with Crippen molar-refractivity contribution in [1.82, 2.24) is 19.9 Å². The number of hydrogen-bond donors (Lipinski definition) is 1. The minimum Gasteiger partial charge on any atom is -0.381 e. The fourth-order valence-electron chi connectivity index (χ4n) is 7.19. The lowest BCUT2D eigenvalue weighted by atomic mass is 9.87. The zero-order valence-corrected chi connectivity index (χ0v) is 22.9. The van der Waals surface area contributed by atoms with Gasteiger partial charge in [0.15, 0.2) is 10.8 Å². The van der Waals surface area contributed by atoms with Crippen molar-refractivity contribution in [2.45, 2.75) is 56.2 Å². The van der Waals surface area contributed by atoms with Crippen molar-refractivity contribution in [1.29, 1.82) is 0 Å². The predicted molar refractivity (Wildman–Crippen MR) is 140 cm³/mol. The van der Waals surface area contributed by atoms with Crippen LogP contribution in [0.15, 0.2) is 36.5 Å². The number of amides is 1. The molecular weight excluding hydrogens is 569 g/mol. The van der Waals surface area contributed by atoms with Gasteiger partial charge in [0.05, 0.1) is 30.1 Å². The summed E-state index contributed by atoms with van der Waals surface area (Å²) in [4.78, 5) is 18.9. The maximum atomic E-state index is 15.3. The van der Waals surface area contributed by atoms with Crippen LogP contribution >= 0.6 is 11.6 Å². The van der Waals surface area contributed by atoms with Gasteiger partial charge in [-0.15, -0.1) is 0 Å². The lowest BCUT2D eigenvalue weighted by molar-refractivity contribution is -0.181. The number of nitrogens with zero attached hydrogens (tertiary/aromatic N) is 4. The van der Waals surface area contributed by atoms with E-state index in [0.29, 0.717) is 24.8 Å². The van der Waals surface area contributed by atoms with Crippen molar-refractivity contribution in [3.63, 3.8) is 0 Å². The number of ether oxygens (including phenoxy) is 1. The molecule has 2 aliphatic heterocycles. The monoisotopic (exact) mass is 595 g/mol. The van der Waals surface area contributed by atoms with Gasteiger partial charge in [0.25, 0.3) is 5.92 Å². The van der Waals surface area contributed by atoms with Crippen LogP contribution in [0.3, 0.4) is 0 Å². The standard InChI is InChI=1S/C28H27ClF5N5O2/c1-25(28(32,33)34)13-38(19-10-35-21-9-20(29)37-39(21)23(19)25)17-5-3-15(4-6-17)22-26(2,27(22,30)31)24(40)36-18-8-14-7-16(18)12-41-11-14/h3-6,9-10,14,16,18,22H,7-8,11-13H2,1-2H3,(H,36,40)/t14-,16-,18-,22-,25-,26+/m1/s1. The maximum Gasteiger partial charge on any atom is 0.401 e. The SMILES string of the molecule is C[C@@]1(C(F)(F)F)CN(c2ccc([C@H]3C(F)(F)[C@]3(C)C(=O)N[C@@H]3C[C@@H]4COC[C@H]3C4)cc2)c2cnc3cc(Cl)nn3c21. The van der Waals surface area contributed by atoms with E-state index in [2.05, 4.69) is 15.4 Å². The van der Waals surface area contributed by atoms with Gasteiger partial charge in [0.2, 0.25) is 5.91 Å². The van der Waals surface area contributed by atoms with E-state index in [1.165, 1.54) is 48.4 Å². The summed E-state index contributed by atoms with van der Waals surface area (Å²) in [5, 5.41) is 6.93. The molecule has 2 aromatic heterocycles. The molecule has 1 saturated heterocycles. The number of anilines is 2. The Bertz CT molecular complexity index is 1560. The first-order chi connectivity index (χ1) is 19.3. The number of hydrogen-bond acceptors (Lipinski definition) is 5. The molecule has 0 unspecified atom stereocenters. The van der Waals surface area contributed by atoms with Gasteiger partial charge in [0.1, 0.15) is 10.8 Å². The predicted octanol–water partition coefficient (Wildman–Crippen LogP) is 5.63. The van der Waals surface area contributed by atoms with Crippen LogP contribution in [0.2, 0.25) is 5.15 Å². The number of carbonyl (C=O) groups excluding carboxylic acids is 1. The quantitative estimate of drug-likeness (QED) is 0.396. The minimum absolute atomic E-state index is 0.0139. The lowest BCUT2D eigenvalue weighted by Crippen LogP contribution is -2.43. The summed E-state index contributed by atoms with van der Waals surface area (Å²) in [6, 6.07) is 7.13. The van der Waals surface area contributed by atoms with E-state index >= 15 is 8.78 Å². The molecule has 2 aliphatic carbocycles. The molecule has 1 N–H and O–H groups in total. The van der Waals surface area contributed by atoms with Crippen LogP contribution in [0, 0.1) is 17.3 Å². The van der Waals surface area contributed by atoms with Crippen LogP contribution in [0.25, 0.3) is 5.65 Å². The second kappa shape index (κ2) is 8.53. The molecule has 7 rings (SSSR count). The van der Waals surface area contributed by atoms with Crippen molar-refractivity contribution < 1.29 is 31.5 Å². The van der Waals surface area contributed by atoms with E-state index in [0.717, 1.165) is 24.3 Å². The van der Waals surface area contributed by atoms with Gasteiger partial charge >= 0.3 is 6.18 Å². The summed E-state index contributed by atoms with van der Waals surface area (Å²) in [7, 11) is 0. The second-order valence-electron chi connectivity index (χ2n) is 12.2. The Labute approximate surface area is 237 Å². The van der Waals surface area contributed by atoms with Crippen LogP contribution in [0.1, 0.15) is 43.9 Å². The highest BCUT2D eigenvalue weighted by molar-refractivity contribution is 6.29. The molecule has 4 heterocycles. The Morgan fingerprint density at radius 1 is 1.15 bits per heavy atom. The average Bonchev–Trinajstić information content (AvgIpc) is 3.28. The highest BCUT2D eigenvalue weighted by Crippen LogP contribution is 2.71. The molecule has 218 valence electrons. The number of halogens is 6. The first kappa shape index (κ1) is 26.9. The number of nitrogens with one attached hydrogen (secondary N) is 1. The molecule has 2 bridgehead atoms. The van der Waals surface area contributed by atoms with Crippen LogP contribution in [-0.2, 0) is 14.9 Å². The maximum absolute atomic E-state index is 15.3. The van der Waals surface area contributed by atoms with Gasteiger partial charge in [-0.25, -0.2) is 18.3 Å². The van der Waals surface area contributed by atoms with Crippen molar-refractivity contribution in [3.05, 3.63) is 52.9 Å². The van der Waals surface area contributed by atoms with Crippen molar-refractivity contribution in [3.8, 4) is 0 Å². The van der Waals surface area contributed by atoms with E-state index in [-0.39, 0.29) is 39.7 Å². The minimum atomic E-state index is -4.63. The first-order valence-corrected chi connectivity index (χ1v) is 13.9. The molecule has 13 heteroatoms. The van der Waals surface area contributed by atoms with Gasteiger partial charge in [-0.1, -0.05) is 23.7 Å². The highest BCUT2D eigenvalue weighted by atomic mass is 35.5. The fraction of sp³-hybridized carbons (Fsp3) is 0.536. The Morgan fingerprint density at radius 2 is 1.88 bits per heavy atom. The number of aromatic nitrogens is 3. The van der Waals surface area contributed by atoms with Gasteiger partial charge in [0, 0.05) is 36.9 Å². The first-order valence-electron chi connectivity index (χ1n) is 13.5. The number of fused-ring (bicyclic) bond motifs is 5. The van der Waals surface area contributed by atoms with Crippen molar-refractivity contribution in [2.75, 3.05) is 24.7 Å². The second-order valence-corrected chi connectivity index (χ2v) is 12.6. The van der Waals surface area contributed by atoms with Crippen LogP contribution in [0.5, 0.6) is 0 Å². The molecule has 2 saturated carbocycles. The number of rotatable bonds is 4. The molecule has 0 spiro atoms. The lowest BCUT2D eigenvalue weighted by Gasteiger charge is -2.28. The Hall–Kier alpha value is -2.99. The number of alkyl halides is 5. The molecule has 3 fully saturated rings. The topological polar surface area (TPSA) is 71.8 Å². The molecule has 1 aromatic carbocycles. The van der Waals surface area contributed by atoms with Gasteiger partial charge < -0.3 is 15.0 Å². The van der Waals surface area contributed by atoms with Crippen LogP contribution in [-0.4, -0.2) is 58.4 Å².